The molecule has 0 amide bonds. The summed E-state index contributed by atoms with van der Waals surface area (Å²) in [6, 6.07) is 32.1. The number of hydrogen-bond donors (Lipinski definition) is 1. The fourth-order valence-electron chi connectivity index (χ4n) is 6.27. The Balaban J connectivity index is 1.51. The maximum absolute atomic E-state index is 6.56. The van der Waals surface area contributed by atoms with E-state index in [9.17, 15) is 0 Å². The molecule has 6 rings (SSSR count). The molecule has 0 saturated carbocycles. The Bertz CT molecular complexity index is 1290. The van der Waals surface area contributed by atoms with Crippen LogP contribution in [0.3, 0.4) is 0 Å². The first-order valence-electron chi connectivity index (χ1n) is 12.5. The van der Waals surface area contributed by atoms with Gasteiger partial charge in [0.2, 0.25) is 0 Å². The van der Waals surface area contributed by atoms with Gasteiger partial charge in [0.1, 0.15) is 0 Å². The topological polar surface area (TPSA) is 26.0 Å². The van der Waals surface area contributed by atoms with E-state index in [4.69, 9.17) is 5.73 Å². The molecule has 2 aliphatic rings. The number of nitrogen functional groups attached to an aromatic ring is 1. The summed E-state index contributed by atoms with van der Waals surface area (Å²) in [7, 11) is -0.621. The molecule has 4 aromatic rings. The number of aryl methyl sites for hydroxylation is 4. The fourth-order valence-corrected chi connectivity index (χ4v) is 8.81. The zero-order chi connectivity index (χ0) is 23.2. The van der Waals surface area contributed by atoms with Crippen LogP contribution in [0, 0.1) is 13.8 Å². The van der Waals surface area contributed by atoms with Gasteiger partial charge >= 0.3 is 0 Å². The molecule has 1 nitrogen and oxygen atoms in total. The molecule has 1 unspecified atom stereocenters. The Kier molecular flexibility index (Phi) is 5.54. The third kappa shape index (κ3) is 3.68. The minimum Gasteiger partial charge on any atom is -0.398 e. The van der Waals surface area contributed by atoms with E-state index in [1.807, 2.05) is 0 Å². The molecule has 0 spiro atoms. The number of nitrogens with two attached hydrogens (primary N) is 1. The minimum absolute atomic E-state index is 0.534. The number of hydrogen-bond acceptors (Lipinski definition) is 1. The van der Waals surface area contributed by atoms with Gasteiger partial charge in [0.05, 0.1) is 0 Å². The van der Waals surface area contributed by atoms with Crippen molar-refractivity contribution in [2.75, 3.05) is 5.73 Å². The molecule has 0 bridgehead atoms. The quantitative estimate of drug-likeness (QED) is 0.276. The van der Waals surface area contributed by atoms with Crippen LogP contribution in [0.15, 0.2) is 84.9 Å². The SMILES string of the molecule is Cc1ccc(P(c2ccc(C)cc2)c2cccc3c2C([C@H]2CCc4cccc(N)c42)CC3)cc1. The van der Waals surface area contributed by atoms with E-state index in [0.717, 1.165) is 12.1 Å². The summed E-state index contributed by atoms with van der Waals surface area (Å²) in [4.78, 5) is 0. The van der Waals surface area contributed by atoms with Crippen LogP contribution in [0.4, 0.5) is 5.69 Å². The third-order valence-corrected chi connectivity index (χ3v) is 10.4. The zero-order valence-corrected chi connectivity index (χ0v) is 21.0. The molecular weight excluding hydrogens is 429 g/mol. The van der Waals surface area contributed by atoms with E-state index in [1.54, 1.807) is 16.4 Å². The number of fused-ring (bicyclic) bond motifs is 2. The molecule has 0 aromatic heterocycles. The summed E-state index contributed by atoms with van der Waals surface area (Å²) < 4.78 is 0. The highest BCUT2D eigenvalue weighted by atomic mass is 31.1. The maximum atomic E-state index is 6.56. The average molecular weight is 462 g/mol. The van der Waals surface area contributed by atoms with Crippen molar-refractivity contribution in [3.05, 3.63) is 118 Å². The van der Waals surface area contributed by atoms with E-state index in [2.05, 4.69) is 98.8 Å². The van der Waals surface area contributed by atoms with E-state index >= 15 is 0 Å². The van der Waals surface area contributed by atoms with Gasteiger partial charge in [-0.25, -0.2) is 0 Å². The predicted octanol–water partition coefficient (Wildman–Crippen LogP) is 6.40. The maximum Gasteiger partial charge on any atom is 0.0352 e. The van der Waals surface area contributed by atoms with Gasteiger partial charge in [-0.15, -0.1) is 0 Å². The van der Waals surface area contributed by atoms with Gasteiger partial charge in [0.15, 0.2) is 0 Å². The van der Waals surface area contributed by atoms with Crippen LogP contribution in [0.1, 0.15) is 58.1 Å². The van der Waals surface area contributed by atoms with Crippen LogP contribution in [0.5, 0.6) is 0 Å². The van der Waals surface area contributed by atoms with E-state index in [1.165, 1.54) is 52.1 Å². The normalized spacial score (nSPS) is 18.8. The van der Waals surface area contributed by atoms with Crippen LogP contribution >= 0.6 is 7.92 Å². The van der Waals surface area contributed by atoms with E-state index in [-0.39, 0.29) is 0 Å². The van der Waals surface area contributed by atoms with Crippen molar-refractivity contribution in [1.29, 1.82) is 0 Å². The first-order chi connectivity index (χ1) is 16.6. The molecule has 0 aliphatic heterocycles. The molecule has 2 atom stereocenters. The summed E-state index contributed by atoms with van der Waals surface area (Å²) >= 11 is 0. The van der Waals surface area contributed by atoms with Gasteiger partial charge in [-0.1, -0.05) is 90.0 Å². The van der Waals surface area contributed by atoms with Crippen LogP contribution < -0.4 is 21.6 Å². The molecule has 0 fully saturated rings. The second-order valence-corrected chi connectivity index (χ2v) is 12.3. The highest BCUT2D eigenvalue weighted by Crippen LogP contribution is 2.52. The molecule has 4 aromatic carbocycles. The van der Waals surface area contributed by atoms with Crippen molar-refractivity contribution in [3.63, 3.8) is 0 Å². The molecule has 170 valence electrons. The highest BCUT2D eigenvalue weighted by Gasteiger charge is 2.38. The first kappa shape index (κ1) is 21.6. The molecule has 0 radical (unpaired) electrons. The van der Waals surface area contributed by atoms with Crippen LogP contribution in [-0.2, 0) is 12.8 Å². The lowest BCUT2D eigenvalue weighted by Gasteiger charge is -2.28. The van der Waals surface area contributed by atoms with Crippen molar-refractivity contribution in [3.8, 4) is 0 Å². The fraction of sp³-hybridized carbons (Fsp3) is 0.250. The monoisotopic (exact) mass is 461 g/mol. The van der Waals surface area contributed by atoms with Crippen molar-refractivity contribution in [2.45, 2.75) is 51.4 Å². The Labute approximate surface area is 204 Å². The van der Waals surface area contributed by atoms with Crippen molar-refractivity contribution in [1.82, 2.24) is 0 Å². The summed E-state index contributed by atoms with van der Waals surface area (Å²) in [6.45, 7) is 4.35. The van der Waals surface area contributed by atoms with Crippen molar-refractivity contribution >= 4 is 29.5 Å². The largest absolute Gasteiger partial charge is 0.398 e. The standard InChI is InChI=1S/C32H32NP/c1-21-9-15-25(16-10-21)34(26-17-11-22(2)12-18-26)30-8-4-6-24-14-20-28(32(24)30)27-19-13-23-5-3-7-29(33)31(23)27/h3-12,15-18,27-28H,13-14,19-20,33H2,1-2H3/t27-,28?/m1/s1. The lowest BCUT2D eigenvalue weighted by Crippen LogP contribution is -2.25. The molecule has 0 heterocycles. The Morgan fingerprint density at radius 1 is 0.618 bits per heavy atom. The minimum atomic E-state index is -0.621. The average Bonchev–Trinajstić information content (AvgIpc) is 3.47. The van der Waals surface area contributed by atoms with E-state index < -0.39 is 7.92 Å². The molecular formula is C32H32NP. The molecule has 2 heteroatoms. The smallest absolute Gasteiger partial charge is 0.0352 e. The van der Waals surface area contributed by atoms with Gasteiger partial charge in [0.25, 0.3) is 0 Å². The summed E-state index contributed by atoms with van der Waals surface area (Å²) in [5, 5.41) is 4.43. The lowest BCUT2D eigenvalue weighted by atomic mass is 9.82. The number of benzene rings is 4. The van der Waals surface area contributed by atoms with Crippen LogP contribution in [0.25, 0.3) is 0 Å². The van der Waals surface area contributed by atoms with Crippen molar-refractivity contribution < 1.29 is 0 Å². The van der Waals surface area contributed by atoms with Gasteiger partial charge < -0.3 is 5.73 Å². The van der Waals surface area contributed by atoms with E-state index in [0.29, 0.717) is 11.8 Å². The molecule has 2 aliphatic carbocycles. The lowest BCUT2D eigenvalue weighted by molar-refractivity contribution is 0.533. The number of rotatable bonds is 4. The highest BCUT2D eigenvalue weighted by molar-refractivity contribution is 7.79. The van der Waals surface area contributed by atoms with Gasteiger partial charge in [-0.05, 0) is 104 Å². The molecule has 34 heavy (non-hydrogen) atoms. The molecule has 2 N–H and O–H groups in total. The number of anilines is 1. The van der Waals surface area contributed by atoms with Gasteiger partial charge in [0, 0.05) is 5.69 Å². The third-order valence-electron chi connectivity index (χ3n) is 7.91. The van der Waals surface area contributed by atoms with Crippen molar-refractivity contribution in [2.24, 2.45) is 0 Å². The Morgan fingerprint density at radius 3 is 1.71 bits per heavy atom. The Morgan fingerprint density at radius 2 is 1.12 bits per heavy atom. The summed E-state index contributed by atoms with van der Waals surface area (Å²) in [6.07, 6.45) is 4.78. The van der Waals surface area contributed by atoms with Gasteiger partial charge in [-0.2, -0.15) is 0 Å². The van der Waals surface area contributed by atoms with Gasteiger partial charge in [-0.3, -0.25) is 0 Å². The second-order valence-electron chi connectivity index (χ2n) is 10.1. The first-order valence-corrected chi connectivity index (χ1v) is 13.9. The predicted molar refractivity (Wildman–Crippen MR) is 148 cm³/mol. The summed E-state index contributed by atoms with van der Waals surface area (Å²) in [5.41, 5.74) is 16.3. The Hall–Kier alpha value is -2.89. The van der Waals surface area contributed by atoms with Crippen LogP contribution in [-0.4, -0.2) is 0 Å². The van der Waals surface area contributed by atoms with Crippen LogP contribution in [0.2, 0.25) is 0 Å². The summed E-state index contributed by atoms with van der Waals surface area (Å²) in [5.74, 6) is 1.09. The zero-order valence-electron chi connectivity index (χ0n) is 20.1. The molecule has 0 saturated heterocycles. The second kappa shape index (κ2) is 8.71.